The standard InChI is InChI=1S/C20H14Cl3F2N3O2/c21-15-2-1-3-16(22)14(15)10-28-11-17(23)19(27-28)26-18(29)9-6-12-4-7-13(8-5-12)30-20(24)25/h1-9,11,20H,10H2,(H,26,27,29)/b9-6-. The van der Waals surface area contributed by atoms with Gasteiger partial charge in [-0.2, -0.15) is 13.9 Å². The van der Waals surface area contributed by atoms with Crippen molar-refractivity contribution in [1.29, 1.82) is 0 Å². The van der Waals surface area contributed by atoms with Crippen molar-refractivity contribution >= 4 is 52.6 Å². The number of rotatable bonds is 7. The molecule has 156 valence electrons. The summed E-state index contributed by atoms with van der Waals surface area (Å²) in [6.07, 6.45) is 4.32. The molecule has 1 aromatic heterocycles. The highest BCUT2D eigenvalue weighted by atomic mass is 35.5. The monoisotopic (exact) mass is 471 g/mol. The molecule has 1 heterocycles. The van der Waals surface area contributed by atoms with Gasteiger partial charge < -0.3 is 10.1 Å². The highest BCUT2D eigenvalue weighted by Gasteiger charge is 2.12. The number of carbonyl (C=O) groups excluding carboxylic acids is 1. The predicted molar refractivity (Wildman–Crippen MR) is 114 cm³/mol. The first-order chi connectivity index (χ1) is 14.3. The molecule has 0 bridgehead atoms. The molecule has 0 aliphatic carbocycles. The van der Waals surface area contributed by atoms with E-state index in [9.17, 15) is 13.6 Å². The van der Waals surface area contributed by atoms with E-state index in [1.807, 2.05) is 0 Å². The zero-order valence-corrected chi connectivity index (χ0v) is 17.4. The van der Waals surface area contributed by atoms with Gasteiger partial charge in [-0.25, -0.2) is 0 Å². The Morgan fingerprint density at radius 2 is 1.77 bits per heavy atom. The molecule has 0 saturated carbocycles. The number of nitrogens with one attached hydrogen (secondary N) is 1. The Labute approximate surface area is 185 Å². The molecule has 0 spiro atoms. The van der Waals surface area contributed by atoms with Crippen molar-refractivity contribution in [3.8, 4) is 5.75 Å². The fraction of sp³-hybridized carbons (Fsp3) is 0.100. The molecule has 10 heteroatoms. The number of amides is 1. The first-order valence-electron chi connectivity index (χ1n) is 8.51. The van der Waals surface area contributed by atoms with E-state index in [0.29, 0.717) is 21.2 Å². The van der Waals surface area contributed by atoms with E-state index >= 15 is 0 Å². The van der Waals surface area contributed by atoms with Crippen LogP contribution in [0.25, 0.3) is 6.08 Å². The number of anilines is 1. The summed E-state index contributed by atoms with van der Waals surface area (Å²) < 4.78 is 30.1. The van der Waals surface area contributed by atoms with Crippen molar-refractivity contribution in [2.45, 2.75) is 13.2 Å². The van der Waals surface area contributed by atoms with Gasteiger partial charge in [0.1, 0.15) is 10.8 Å². The smallest absolute Gasteiger partial charge is 0.387 e. The number of alkyl halides is 2. The second kappa shape index (κ2) is 9.93. The van der Waals surface area contributed by atoms with E-state index in [4.69, 9.17) is 34.8 Å². The van der Waals surface area contributed by atoms with E-state index in [2.05, 4.69) is 15.2 Å². The van der Waals surface area contributed by atoms with E-state index in [1.54, 1.807) is 24.4 Å². The van der Waals surface area contributed by atoms with Crippen LogP contribution in [0.5, 0.6) is 5.75 Å². The maximum Gasteiger partial charge on any atom is 0.387 e. The van der Waals surface area contributed by atoms with Crippen LogP contribution in [0, 0.1) is 0 Å². The molecule has 0 unspecified atom stereocenters. The molecule has 0 aliphatic rings. The van der Waals surface area contributed by atoms with Crippen LogP contribution < -0.4 is 10.1 Å². The normalized spacial score (nSPS) is 11.3. The second-order valence-electron chi connectivity index (χ2n) is 5.99. The van der Waals surface area contributed by atoms with Gasteiger partial charge in [-0.05, 0) is 35.9 Å². The van der Waals surface area contributed by atoms with Gasteiger partial charge in [0, 0.05) is 27.9 Å². The summed E-state index contributed by atoms with van der Waals surface area (Å²) in [7, 11) is 0. The summed E-state index contributed by atoms with van der Waals surface area (Å²) in [6, 6.07) is 11.0. The number of carbonyl (C=O) groups is 1. The fourth-order valence-electron chi connectivity index (χ4n) is 2.50. The zero-order chi connectivity index (χ0) is 21.7. The molecule has 0 atom stereocenters. The summed E-state index contributed by atoms with van der Waals surface area (Å²) >= 11 is 18.5. The van der Waals surface area contributed by atoms with Crippen LogP contribution in [0.3, 0.4) is 0 Å². The van der Waals surface area contributed by atoms with E-state index in [-0.39, 0.29) is 23.1 Å². The number of hydrogen-bond donors (Lipinski definition) is 1. The lowest BCUT2D eigenvalue weighted by atomic mass is 10.2. The summed E-state index contributed by atoms with van der Waals surface area (Å²) in [4.78, 5) is 12.2. The molecule has 0 saturated heterocycles. The summed E-state index contributed by atoms with van der Waals surface area (Å²) in [5, 5.41) is 8.04. The number of halogens is 5. The van der Waals surface area contributed by atoms with Gasteiger partial charge >= 0.3 is 6.61 Å². The minimum atomic E-state index is -2.89. The van der Waals surface area contributed by atoms with Crippen LogP contribution in [0.15, 0.2) is 54.7 Å². The van der Waals surface area contributed by atoms with E-state index < -0.39 is 12.5 Å². The average molecular weight is 473 g/mol. The third-order valence-corrected chi connectivity index (χ3v) is 4.86. The number of hydrogen-bond acceptors (Lipinski definition) is 3. The van der Waals surface area contributed by atoms with Crippen LogP contribution >= 0.6 is 34.8 Å². The van der Waals surface area contributed by atoms with Crippen molar-refractivity contribution in [2.24, 2.45) is 0 Å². The Bertz CT molecular complexity index is 1050. The van der Waals surface area contributed by atoms with Gasteiger partial charge in [-0.15, -0.1) is 0 Å². The molecule has 3 rings (SSSR count). The van der Waals surface area contributed by atoms with Crippen LogP contribution in [0.4, 0.5) is 14.6 Å². The Balaban J connectivity index is 1.63. The van der Waals surface area contributed by atoms with Crippen molar-refractivity contribution in [3.63, 3.8) is 0 Å². The maximum absolute atomic E-state index is 12.2. The lowest BCUT2D eigenvalue weighted by Crippen LogP contribution is -2.10. The second-order valence-corrected chi connectivity index (χ2v) is 7.22. The SMILES string of the molecule is O=C(/C=C\c1ccc(OC(F)F)cc1)Nc1nn(Cc2c(Cl)cccc2Cl)cc1Cl. The highest BCUT2D eigenvalue weighted by Crippen LogP contribution is 2.27. The quantitative estimate of drug-likeness (QED) is 0.420. The highest BCUT2D eigenvalue weighted by molar-refractivity contribution is 6.36. The Morgan fingerprint density at radius 1 is 1.10 bits per heavy atom. The molecule has 1 amide bonds. The minimum absolute atomic E-state index is 0.0301. The van der Waals surface area contributed by atoms with Gasteiger partial charge in [0.15, 0.2) is 5.82 Å². The number of ether oxygens (including phenoxy) is 1. The lowest BCUT2D eigenvalue weighted by molar-refractivity contribution is -0.111. The van der Waals surface area contributed by atoms with Crippen molar-refractivity contribution in [3.05, 3.63) is 80.9 Å². The number of aromatic nitrogens is 2. The molecule has 0 fully saturated rings. The Hall–Kier alpha value is -2.61. The molecule has 1 N–H and O–H groups in total. The fourth-order valence-corrected chi connectivity index (χ4v) is 3.21. The van der Waals surface area contributed by atoms with Gasteiger partial charge in [0.05, 0.1) is 6.54 Å². The summed E-state index contributed by atoms with van der Waals surface area (Å²) in [6.45, 7) is -2.62. The van der Waals surface area contributed by atoms with Crippen LogP contribution in [-0.2, 0) is 11.3 Å². The summed E-state index contributed by atoms with van der Waals surface area (Å²) in [5.74, 6) is -0.261. The molecule has 5 nitrogen and oxygen atoms in total. The average Bonchev–Trinajstić information content (AvgIpc) is 3.03. The van der Waals surface area contributed by atoms with Gasteiger partial charge in [0.25, 0.3) is 0 Å². The molecule has 0 radical (unpaired) electrons. The topological polar surface area (TPSA) is 56.1 Å². The molecule has 2 aromatic carbocycles. The first kappa shape index (κ1) is 22.1. The zero-order valence-electron chi connectivity index (χ0n) is 15.2. The Morgan fingerprint density at radius 3 is 2.40 bits per heavy atom. The third kappa shape index (κ3) is 5.95. The minimum Gasteiger partial charge on any atom is -0.435 e. The molecular weight excluding hydrogens is 459 g/mol. The molecule has 30 heavy (non-hydrogen) atoms. The van der Waals surface area contributed by atoms with Gasteiger partial charge in [0.2, 0.25) is 5.91 Å². The van der Waals surface area contributed by atoms with Gasteiger partial charge in [-0.1, -0.05) is 53.0 Å². The van der Waals surface area contributed by atoms with Crippen LogP contribution in [0.1, 0.15) is 11.1 Å². The van der Waals surface area contributed by atoms with Crippen molar-refractivity contribution in [2.75, 3.05) is 5.32 Å². The lowest BCUT2D eigenvalue weighted by Gasteiger charge is -2.06. The van der Waals surface area contributed by atoms with Crippen molar-refractivity contribution < 1.29 is 18.3 Å². The van der Waals surface area contributed by atoms with Gasteiger partial charge in [-0.3, -0.25) is 9.48 Å². The molecular formula is C20H14Cl3F2N3O2. The maximum atomic E-state index is 12.2. The van der Waals surface area contributed by atoms with Crippen LogP contribution in [0.2, 0.25) is 15.1 Å². The van der Waals surface area contributed by atoms with E-state index in [1.165, 1.54) is 41.1 Å². The molecule has 0 aliphatic heterocycles. The number of benzene rings is 2. The Kier molecular flexibility index (Phi) is 7.31. The largest absolute Gasteiger partial charge is 0.435 e. The van der Waals surface area contributed by atoms with Crippen LogP contribution in [-0.4, -0.2) is 22.3 Å². The van der Waals surface area contributed by atoms with Crippen molar-refractivity contribution in [1.82, 2.24) is 9.78 Å². The summed E-state index contributed by atoms with van der Waals surface area (Å²) in [5.41, 5.74) is 1.30. The van der Waals surface area contributed by atoms with E-state index in [0.717, 1.165) is 0 Å². The number of nitrogens with zero attached hydrogens (tertiary/aromatic N) is 2. The molecule has 3 aromatic rings. The third-order valence-electron chi connectivity index (χ3n) is 3.87. The first-order valence-corrected chi connectivity index (χ1v) is 9.65. The predicted octanol–water partition coefficient (Wildman–Crippen LogP) is 6.14.